The van der Waals surface area contributed by atoms with Crippen LogP contribution in [0, 0.1) is 17.0 Å². The van der Waals surface area contributed by atoms with Crippen molar-refractivity contribution >= 4 is 49.8 Å². The number of nitro groups is 1. The van der Waals surface area contributed by atoms with Gasteiger partial charge in [0.15, 0.2) is 5.13 Å². The molecule has 3 aromatic carbocycles. The van der Waals surface area contributed by atoms with E-state index in [2.05, 4.69) is 4.98 Å². The number of aryl methyl sites for hydroxylation is 1. The largest absolute Gasteiger partial charge is 0.507 e. The minimum absolute atomic E-state index is 0.148. The number of nitro benzene ring substituents is 1. The third-order valence-electron chi connectivity index (χ3n) is 6.32. The van der Waals surface area contributed by atoms with E-state index in [9.17, 15) is 24.8 Å². The maximum Gasteiger partial charge on any atom is 0.301 e. The Hall–Kier alpha value is -4.77. The van der Waals surface area contributed by atoms with Crippen LogP contribution in [0.3, 0.4) is 0 Å². The molecule has 1 aromatic heterocycles. The highest BCUT2D eigenvalue weighted by Gasteiger charge is 2.48. The van der Waals surface area contributed by atoms with Gasteiger partial charge in [0.2, 0.25) is 0 Å². The Kier molecular flexibility index (Phi) is 6.29. The first-order chi connectivity index (χ1) is 18.2. The second-order valence-corrected chi connectivity index (χ2v) is 9.54. The zero-order valence-electron chi connectivity index (χ0n) is 20.5. The molecule has 1 fully saturated rings. The van der Waals surface area contributed by atoms with Crippen molar-refractivity contribution in [3.8, 4) is 11.5 Å². The summed E-state index contributed by atoms with van der Waals surface area (Å²) in [6.45, 7) is 1.79. The van der Waals surface area contributed by atoms with Gasteiger partial charge in [0, 0.05) is 17.7 Å². The molecule has 1 unspecified atom stereocenters. The Labute approximate surface area is 220 Å². The molecule has 4 aromatic rings. The zero-order valence-corrected chi connectivity index (χ0v) is 21.3. The van der Waals surface area contributed by atoms with E-state index in [1.54, 1.807) is 43.3 Å². The summed E-state index contributed by atoms with van der Waals surface area (Å²) >= 11 is 1.19. The van der Waals surface area contributed by atoms with Gasteiger partial charge in [-0.2, -0.15) is 0 Å². The third kappa shape index (κ3) is 4.12. The molecule has 0 radical (unpaired) electrons. The lowest BCUT2D eigenvalue weighted by Crippen LogP contribution is -2.29. The smallest absolute Gasteiger partial charge is 0.301 e. The molecule has 1 amide bonds. The number of rotatable bonds is 6. The van der Waals surface area contributed by atoms with Crippen molar-refractivity contribution in [2.24, 2.45) is 0 Å². The number of aromatic nitrogens is 1. The van der Waals surface area contributed by atoms with Gasteiger partial charge in [-0.05, 0) is 66.6 Å². The summed E-state index contributed by atoms with van der Waals surface area (Å²) in [5.74, 6) is -0.930. The van der Waals surface area contributed by atoms with E-state index >= 15 is 0 Å². The van der Waals surface area contributed by atoms with Gasteiger partial charge in [-0.1, -0.05) is 11.3 Å². The molecule has 1 N–H and O–H groups in total. The normalized spacial score (nSPS) is 16.7. The van der Waals surface area contributed by atoms with Crippen molar-refractivity contribution in [3.63, 3.8) is 0 Å². The Balaban J connectivity index is 1.71. The molecule has 10 nitrogen and oxygen atoms in total. The van der Waals surface area contributed by atoms with Crippen LogP contribution in [0.25, 0.3) is 16.0 Å². The van der Waals surface area contributed by atoms with Crippen molar-refractivity contribution < 1.29 is 29.1 Å². The molecule has 1 atom stereocenters. The fraction of sp³-hybridized carbons (Fsp3) is 0.148. The molecule has 1 aliphatic rings. The van der Waals surface area contributed by atoms with Gasteiger partial charge < -0.3 is 14.6 Å². The maximum absolute atomic E-state index is 13.4. The Morgan fingerprint density at radius 2 is 1.79 bits per heavy atom. The number of Topliss-reactive ketones (excluding diaryl/α,β-unsaturated/α-hetero) is 1. The molecular weight excluding hydrogens is 510 g/mol. The average molecular weight is 532 g/mol. The number of non-ortho nitro benzene ring substituents is 1. The van der Waals surface area contributed by atoms with Crippen molar-refractivity contribution in [2.75, 3.05) is 19.1 Å². The molecule has 192 valence electrons. The number of carbonyl (C=O) groups is 2. The van der Waals surface area contributed by atoms with Crippen molar-refractivity contribution in [3.05, 3.63) is 93.0 Å². The molecule has 0 spiro atoms. The van der Waals surface area contributed by atoms with E-state index in [0.29, 0.717) is 28.1 Å². The molecule has 5 rings (SSSR count). The number of methoxy groups -OCH3 is 2. The molecule has 2 heterocycles. The maximum atomic E-state index is 13.4. The SMILES string of the molecule is COc1ccc2nc(N3C(=O)C(=O)/C(=C(/O)c4ccc(OC)c(C)c4)C3c3ccc([N+](=O)[O-])cc3)sc2c1. The number of nitrogens with zero attached hydrogens (tertiary/aromatic N) is 3. The fourth-order valence-corrected chi connectivity index (χ4v) is 5.45. The Bertz CT molecular complexity index is 1640. The number of carbonyl (C=O) groups excluding carboxylic acids is 2. The van der Waals surface area contributed by atoms with Gasteiger partial charge in [-0.15, -0.1) is 0 Å². The van der Waals surface area contributed by atoms with Crippen LogP contribution >= 0.6 is 11.3 Å². The van der Waals surface area contributed by atoms with E-state index in [1.165, 1.54) is 54.7 Å². The van der Waals surface area contributed by atoms with Crippen LogP contribution in [0.2, 0.25) is 0 Å². The second-order valence-electron chi connectivity index (χ2n) is 8.53. The number of amides is 1. The van der Waals surface area contributed by atoms with E-state index in [4.69, 9.17) is 9.47 Å². The predicted octanol–water partition coefficient (Wildman–Crippen LogP) is 5.16. The third-order valence-corrected chi connectivity index (χ3v) is 7.34. The number of hydrogen-bond acceptors (Lipinski definition) is 9. The van der Waals surface area contributed by atoms with Crippen LogP contribution in [-0.4, -0.2) is 40.9 Å². The van der Waals surface area contributed by atoms with Gasteiger partial charge >= 0.3 is 5.91 Å². The minimum atomic E-state index is -1.07. The van der Waals surface area contributed by atoms with Crippen molar-refractivity contribution in [2.45, 2.75) is 13.0 Å². The molecule has 1 aliphatic heterocycles. The van der Waals surface area contributed by atoms with E-state index in [-0.39, 0.29) is 22.2 Å². The van der Waals surface area contributed by atoms with E-state index in [1.807, 2.05) is 0 Å². The first-order valence-electron chi connectivity index (χ1n) is 11.4. The first-order valence-corrected chi connectivity index (χ1v) is 12.2. The summed E-state index contributed by atoms with van der Waals surface area (Å²) < 4.78 is 11.3. The van der Waals surface area contributed by atoms with Crippen molar-refractivity contribution in [1.29, 1.82) is 0 Å². The number of ether oxygens (including phenoxy) is 2. The number of thiazole rings is 1. The molecule has 0 aliphatic carbocycles. The summed E-state index contributed by atoms with van der Waals surface area (Å²) in [5.41, 5.74) is 1.74. The van der Waals surface area contributed by atoms with E-state index in [0.717, 1.165) is 10.3 Å². The van der Waals surface area contributed by atoms with Crippen LogP contribution in [0.1, 0.15) is 22.7 Å². The molecule has 0 bridgehead atoms. The highest BCUT2D eigenvalue weighted by Crippen LogP contribution is 2.45. The van der Waals surface area contributed by atoms with Gasteiger partial charge in [-0.3, -0.25) is 24.6 Å². The summed E-state index contributed by atoms with van der Waals surface area (Å²) in [7, 11) is 3.06. The summed E-state index contributed by atoms with van der Waals surface area (Å²) in [6, 6.07) is 14.6. The number of ketones is 1. The lowest BCUT2D eigenvalue weighted by molar-refractivity contribution is -0.384. The van der Waals surface area contributed by atoms with Crippen LogP contribution in [0.5, 0.6) is 11.5 Å². The monoisotopic (exact) mass is 531 g/mol. The topological polar surface area (TPSA) is 132 Å². The second kappa shape index (κ2) is 9.60. The van der Waals surface area contributed by atoms with Crippen LogP contribution in [0.4, 0.5) is 10.8 Å². The van der Waals surface area contributed by atoms with Crippen molar-refractivity contribution in [1.82, 2.24) is 4.98 Å². The molecule has 11 heteroatoms. The van der Waals surface area contributed by atoms with Gasteiger partial charge in [0.25, 0.3) is 11.5 Å². The molecule has 38 heavy (non-hydrogen) atoms. The number of aliphatic hydroxyl groups is 1. The summed E-state index contributed by atoms with van der Waals surface area (Å²) in [4.78, 5) is 43.3. The average Bonchev–Trinajstić information content (AvgIpc) is 3.45. The summed E-state index contributed by atoms with van der Waals surface area (Å²) in [6.07, 6.45) is 0. The number of anilines is 1. The molecular formula is C27H21N3O7S. The number of benzene rings is 3. The molecule has 0 saturated carbocycles. The highest BCUT2D eigenvalue weighted by atomic mass is 32.1. The van der Waals surface area contributed by atoms with Crippen LogP contribution in [-0.2, 0) is 9.59 Å². The molecule has 1 saturated heterocycles. The van der Waals surface area contributed by atoms with Gasteiger partial charge in [0.1, 0.15) is 17.3 Å². The number of aliphatic hydroxyl groups excluding tert-OH is 1. The Morgan fingerprint density at radius 3 is 2.42 bits per heavy atom. The highest BCUT2D eigenvalue weighted by molar-refractivity contribution is 7.22. The van der Waals surface area contributed by atoms with E-state index < -0.39 is 22.7 Å². The quantitative estimate of drug-likeness (QED) is 0.119. The van der Waals surface area contributed by atoms with Gasteiger partial charge in [0.05, 0.1) is 41.0 Å². The van der Waals surface area contributed by atoms with Crippen LogP contribution < -0.4 is 14.4 Å². The Morgan fingerprint density at radius 1 is 1.05 bits per heavy atom. The van der Waals surface area contributed by atoms with Gasteiger partial charge in [-0.25, -0.2) is 4.98 Å². The summed E-state index contributed by atoms with van der Waals surface area (Å²) in [5, 5.41) is 22.8. The lowest BCUT2D eigenvalue weighted by Gasteiger charge is -2.23. The number of hydrogen-bond donors (Lipinski definition) is 1. The zero-order chi connectivity index (χ0) is 27.1. The fourth-order valence-electron chi connectivity index (χ4n) is 4.43. The predicted molar refractivity (Wildman–Crippen MR) is 142 cm³/mol. The first kappa shape index (κ1) is 24.9. The minimum Gasteiger partial charge on any atom is -0.507 e. The number of fused-ring (bicyclic) bond motifs is 1. The standard InChI is InChI=1S/C27H21N3O7S/c1-14-12-16(6-11-20(14)37-3)24(31)22-23(15-4-7-17(8-5-15)30(34)35)29(26(33)25(22)32)27-28-19-10-9-18(36-2)13-21(19)38-27/h4-13,23,31H,1-3H3/b24-22+. The lowest BCUT2D eigenvalue weighted by atomic mass is 9.94. The van der Waals surface area contributed by atoms with Crippen LogP contribution in [0.15, 0.2) is 66.2 Å².